The molecule has 0 atom stereocenters. The molecule has 0 spiro atoms. The normalized spacial score (nSPS) is 15.3. The third kappa shape index (κ3) is 4.32. The van der Waals surface area contributed by atoms with Crippen molar-refractivity contribution in [2.75, 3.05) is 6.54 Å². The Hall–Kier alpha value is -2.77. The second kappa shape index (κ2) is 7.85. The van der Waals surface area contributed by atoms with E-state index in [1.165, 1.54) is 24.5 Å². The first-order valence-corrected chi connectivity index (χ1v) is 8.56. The van der Waals surface area contributed by atoms with Crippen LogP contribution in [-0.2, 0) is 16.6 Å². The zero-order chi connectivity index (χ0) is 19.4. The maximum Gasteiger partial charge on any atom is 0.315 e. The highest BCUT2D eigenvalue weighted by atomic mass is 19.3. The van der Waals surface area contributed by atoms with Gasteiger partial charge in [0.2, 0.25) is 0 Å². The van der Waals surface area contributed by atoms with Gasteiger partial charge in [0, 0.05) is 24.2 Å². The highest BCUT2D eigenvalue weighted by Gasteiger charge is 2.39. The van der Waals surface area contributed by atoms with Gasteiger partial charge < -0.3 is 5.32 Å². The van der Waals surface area contributed by atoms with E-state index in [4.69, 9.17) is 0 Å². The zero-order valence-electron chi connectivity index (χ0n) is 14.4. The molecule has 5 nitrogen and oxygen atoms in total. The molecule has 0 saturated heterocycles. The molecule has 0 unspecified atom stereocenters. The Morgan fingerprint density at radius 2 is 1.89 bits per heavy atom. The van der Waals surface area contributed by atoms with Crippen LogP contribution in [0.15, 0.2) is 36.7 Å². The first kappa shape index (κ1) is 19.0. The molecule has 1 aliphatic carbocycles. The fourth-order valence-corrected chi connectivity index (χ4v) is 3.23. The number of ketones is 1. The van der Waals surface area contributed by atoms with E-state index in [2.05, 4.69) is 9.97 Å². The Bertz CT molecular complexity index is 836. The van der Waals surface area contributed by atoms with Crippen molar-refractivity contribution in [1.82, 2.24) is 15.3 Å². The number of Topliss-reactive ketones (excluding diaryl/α,β-unsaturated/α-hetero) is 1. The van der Waals surface area contributed by atoms with E-state index in [9.17, 15) is 22.8 Å². The third-order valence-corrected chi connectivity index (χ3v) is 4.89. The zero-order valence-corrected chi connectivity index (χ0v) is 14.4. The summed E-state index contributed by atoms with van der Waals surface area (Å²) in [6.45, 7) is -0.543. The average Bonchev–Trinajstić information content (AvgIpc) is 2.62. The molecule has 1 amide bonds. The van der Waals surface area contributed by atoms with Crippen molar-refractivity contribution in [3.63, 3.8) is 0 Å². The van der Waals surface area contributed by atoms with E-state index in [1.54, 1.807) is 6.07 Å². The summed E-state index contributed by atoms with van der Waals surface area (Å²) in [5, 5.41) is 1.85. The van der Waals surface area contributed by atoms with Gasteiger partial charge in [-0.2, -0.15) is 8.78 Å². The number of amides is 1. The molecule has 1 N–H and O–H groups in total. The van der Waals surface area contributed by atoms with Crippen LogP contribution in [0, 0.1) is 5.82 Å². The topological polar surface area (TPSA) is 72.0 Å². The van der Waals surface area contributed by atoms with Gasteiger partial charge in [0.15, 0.2) is 5.78 Å². The minimum Gasteiger partial charge on any atom is -0.344 e. The summed E-state index contributed by atoms with van der Waals surface area (Å²) in [6, 6.07) is 6.51. The largest absolute Gasteiger partial charge is 0.344 e. The van der Waals surface area contributed by atoms with Crippen LogP contribution in [0.1, 0.15) is 41.0 Å². The number of carbonyl (C=O) groups excluding carboxylic acids is 2. The lowest BCUT2D eigenvalue weighted by atomic mass is 9.62. The first-order chi connectivity index (χ1) is 12.9. The summed E-state index contributed by atoms with van der Waals surface area (Å²) in [6.07, 6.45) is 2.83. The minimum absolute atomic E-state index is 0.127. The third-order valence-electron chi connectivity index (χ3n) is 4.89. The molecule has 1 fully saturated rings. The van der Waals surface area contributed by atoms with Gasteiger partial charge in [-0.05, 0) is 30.5 Å². The van der Waals surface area contributed by atoms with Gasteiger partial charge in [0.1, 0.15) is 11.6 Å². The summed E-state index contributed by atoms with van der Waals surface area (Å²) in [4.78, 5) is 31.1. The van der Waals surface area contributed by atoms with Crippen LogP contribution in [-0.4, -0.2) is 34.6 Å². The smallest absolute Gasteiger partial charge is 0.315 e. The van der Waals surface area contributed by atoms with Crippen LogP contribution in [0.4, 0.5) is 13.2 Å². The predicted molar refractivity (Wildman–Crippen MR) is 91.0 cm³/mol. The molecular formula is C19H18F3N3O2. The summed E-state index contributed by atoms with van der Waals surface area (Å²) in [5.74, 6) is -1.82. The molecule has 1 heterocycles. The lowest BCUT2D eigenvalue weighted by Gasteiger charge is -2.42. The standard InChI is InChI=1S/C19H18F3N3O2/c20-14-4-1-3-13(7-14)19(5-2-6-19)8-16-23-9-12(10-24-16)15(26)11-25-18(27)17(21)22/h1,3-4,7,9-10,17H,2,5-6,8,11H2,(H,25,27). The molecule has 2 aromatic rings. The predicted octanol–water partition coefficient (Wildman–Crippen LogP) is 2.84. The Balaban J connectivity index is 1.66. The van der Waals surface area contributed by atoms with Crippen LogP contribution >= 0.6 is 0 Å². The fraction of sp³-hybridized carbons (Fsp3) is 0.368. The van der Waals surface area contributed by atoms with E-state index in [-0.39, 0.29) is 16.8 Å². The van der Waals surface area contributed by atoms with Gasteiger partial charge in [-0.3, -0.25) is 9.59 Å². The van der Waals surface area contributed by atoms with Gasteiger partial charge in [-0.1, -0.05) is 18.6 Å². The number of hydrogen-bond donors (Lipinski definition) is 1. The summed E-state index contributed by atoms with van der Waals surface area (Å²) >= 11 is 0. The molecule has 0 radical (unpaired) electrons. The Morgan fingerprint density at radius 3 is 2.44 bits per heavy atom. The number of benzene rings is 1. The lowest BCUT2D eigenvalue weighted by Crippen LogP contribution is -2.37. The Morgan fingerprint density at radius 1 is 1.19 bits per heavy atom. The molecule has 0 aliphatic heterocycles. The molecule has 3 rings (SSSR count). The van der Waals surface area contributed by atoms with Crippen molar-refractivity contribution in [3.8, 4) is 0 Å². The molecule has 0 bridgehead atoms. The van der Waals surface area contributed by atoms with E-state index >= 15 is 0 Å². The highest BCUT2D eigenvalue weighted by molar-refractivity contribution is 5.99. The van der Waals surface area contributed by atoms with E-state index in [0.717, 1.165) is 24.8 Å². The number of halogens is 3. The summed E-state index contributed by atoms with van der Waals surface area (Å²) in [7, 11) is 0. The minimum atomic E-state index is -3.17. The number of carbonyl (C=O) groups is 2. The van der Waals surface area contributed by atoms with Gasteiger partial charge in [0.25, 0.3) is 5.91 Å². The van der Waals surface area contributed by atoms with Crippen LogP contribution in [0.3, 0.4) is 0 Å². The highest BCUT2D eigenvalue weighted by Crippen LogP contribution is 2.45. The van der Waals surface area contributed by atoms with Crippen LogP contribution < -0.4 is 5.32 Å². The second-order valence-corrected chi connectivity index (χ2v) is 6.65. The molecule has 1 aliphatic rings. The lowest BCUT2D eigenvalue weighted by molar-refractivity contribution is -0.131. The molecular weight excluding hydrogens is 359 g/mol. The van der Waals surface area contributed by atoms with E-state index < -0.39 is 24.7 Å². The van der Waals surface area contributed by atoms with Gasteiger partial charge >= 0.3 is 6.43 Å². The average molecular weight is 377 g/mol. The number of alkyl halides is 2. The quantitative estimate of drug-likeness (QED) is 0.753. The first-order valence-electron chi connectivity index (χ1n) is 8.56. The van der Waals surface area contributed by atoms with Crippen LogP contribution in [0.2, 0.25) is 0 Å². The van der Waals surface area contributed by atoms with Crippen molar-refractivity contribution in [2.24, 2.45) is 0 Å². The molecule has 27 heavy (non-hydrogen) atoms. The van der Waals surface area contributed by atoms with Crippen molar-refractivity contribution in [2.45, 2.75) is 37.5 Å². The molecule has 142 valence electrons. The summed E-state index contributed by atoms with van der Waals surface area (Å²) in [5.41, 5.74) is 0.827. The van der Waals surface area contributed by atoms with Gasteiger partial charge in [0.05, 0.1) is 12.1 Å². The van der Waals surface area contributed by atoms with Crippen LogP contribution in [0.25, 0.3) is 0 Å². The summed E-state index contributed by atoms with van der Waals surface area (Å²) < 4.78 is 37.8. The van der Waals surface area contributed by atoms with Gasteiger partial charge in [-0.25, -0.2) is 14.4 Å². The van der Waals surface area contributed by atoms with E-state index in [1.807, 2.05) is 11.4 Å². The van der Waals surface area contributed by atoms with Crippen molar-refractivity contribution < 1.29 is 22.8 Å². The molecule has 1 aromatic heterocycles. The van der Waals surface area contributed by atoms with Crippen molar-refractivity contribution in [3.05, 3.63) is 59.4 Å². The second-order valence-electron chi connectivity index (χ2n) is 6.65. The Labute approximate surface area is 154 Å². The van der Waals surface area contributed by atoms with E-state index in [0.29, 0.717) is 12.2 Å². The Kier molecular flexibility index (Phi) is 5.53. The maximum absolute atomic E-state index is 13.6. The number of rotatable bonds is 7. The number of hydrogen-bond acceptors (Lipinski definition) is 4. The SMILES string of the molecule is O=C(CNC(=O)C(F)F)c1cnc(CC2(c3cccc(F)c3)CCC2)nc1. The number of nitrogens with one attached hydrogen (secondary N) is 1. The molecule has 1 aromatic carbocycles. The maximum atomic E-state index is 13.6. The van der Waals surface area contributed by atoms with Gasteiger partial charge in [-0.15, -0.1) is 0 Å². The molecule has 8 heteroatoms. The monoisotopic (exact) mass is 377 g/mol. The van der Waals surface area contributed by atoms with Crippen molar-refractivity contribution >= 4 is 11.7 Å². The van der Waals surface area contributed by atoms with Crippen LogP contribution in [0.5, 0.6) is 0 Å². The number of nitrogens with zero attached hydrogens (tertiary/aromatic N) is 2. The fourth-order valence-electron chi connectivity index (χ4n) is 3.23. The number of aromatic nitrogens is 2. The van der Waals surface area contributed by atoms with Crippen molar-refractivity contribution in [1.29, 1.82) is 0 Å². The molecule has 1 saturated carbocycles.